The van der Waals surface area contributed by atoms with Crippen molar-refractivity contribution in [2.24, 2.45) is 0 Å². The summed E-state index contributed by atoms with van der Waals surface area (Å²) in [6, 6.07) is 40.2. The Balaban J connectivity index is 1.46. The molecule has 0 N–H and O–H groups in total. The molecule has 0 saturated heterocycles. The lowest BCUT2D eigenvalue weighted by Crippen LogP contribution is -2.10. The van der Waals surface area contributed by atoms with Crippen molar-refractivity contribution in [2.45, 2.75) is 0 Å². The smallest absolute Gasteiger partial charge is 0.0645 e. The van der Waals surface area contributed by atoms with Crippen LogP contribution in [0.3, 0.4) is 0 Å². The molecular weight excluding hydrogens is 542 g/mol. The number of hydrogen-bond acceptors (Lipinski definition) is 1. The molecule has 0 saturated carbocycles. The second-order valence-electron chi connectivity index (χ2n) is 10.7. The molecule has 0 aliphatic carbocycles. The van der Waals surface area contributed by atoms with Crippen molar-refractivity contribution >= 4 is 38.6 Å². The lowest BCUT2D eigenvalue weighted by atomic mass is 9.90. The Morgan fingerprint density at radius 1 is 0.356 bits per heavy atom. The molecule has 0 heterocycles. The van der Waals surface area contributed by atoms with Crippen molar-refractivity contribution in [1.82, 2.24) is 0 Å². The molecule has 1 heteroatoms. The average molecular weight is 582 g/mol. The van der Waals surface area contributed by atoms with E-state index in [2.05, 4.69) is 0 Å². The summed E-state index contributed by atoms with van der Waals surface area (Å²) < 4.78 is 75.1. The highest BCUT2D eigenvalue weighted by Crippen LogP contribution is 2.42. The Morgan fingerprint density at radius 2 is 0.867 bits per heavy atom. The number of anilines is 3. The number of nitrogens with zero attached hydrogens (tertiary/aromatic N) is 1. The van der Waals surface area contributed by atoms with Crippen molar-refractivity contribution in [3.05, 3.63) is 188 Å². The molecule has 0 atom stereocenters. The van der Waals surface area contributed by atoms with Gasteiger partial charge in [-0.05, 0) is 79.8 Å². The van der Waals surface area contributed by atoms with Crippen molar-refractivity contribution in [3.8, 4) is 33.4 Å². The van der Waals surface area contributed by atoms with Crippen LogP contribution in [0.15, 0.2) is 188 Å². The fourth-order valence-corrected chi connectivity index (χ4v) is 5.87. The minimum Gasteiger partial charge on any atom is -0.310 e. The van der Waals surface area contributed by atoms with E-state index in [1.165, 1.54) is 4.90 Å². The third-order valence-corrected chi connectivity index (χ3v) is 8.00. The second-order valence-corrected chi connectivity index (χ2v) is 10.7. The van der Waals surface area contributed by atoms with Crippen LogP contribution in [0.5, 0.6) is 0 Å². The highest BCUT2D eigenvalue weighted by Gasteiger charge is 2.17. The van der Waals surface area contributed by atoms with Crippen LogP contribution in [0.2, 0.25) is 0 Å². The molecule has 0 aliphatic heterocycles. The highest BCUT2D eigenvalue weighted by molar-refractivity contribution is 6.04. The van der Waals surface area contributed by atoms with E-state index < -0.39 is 0 Å². The minimum atomic E-state index is -0.384. The predicted molar refractivity (Wildman–Crippen MR) is 192 cm³/mol. The molecule has 0 amide bonds. The number of hydrogen-bond donors (Lipinski definition) is 0. The molecule has 212 valence electrons. The SMILES string of the molecule is [2H]c1c([2H])c(N(c2c([2H])c([2H])c(-c3ccc4ccccc4c3-c3ccccc3)c([2H])c2[2H])c2cccc3ccccc23)c([2H])c([2H])c1-c1ccccc1. The molecule has 8 rings (SSSR count). The first kappa shape index (κ1) is 19.4. The van der Waals surface area contributed by atoms with Gasteiger partial charge >= 0.3 is 0 Å². The maximum atomic E-state index is 9.57. The summed E-state index contributed by atoms with van der Waals surface area (Å²) >= 11 is 0. The van der Waals surface area contributed by atoms with Crippen molar-refractivity contribution in [2.75, 3.05) is 4.90 Å². The van der Waals surface area contributed by atoms with Gasteiger partial charge in [0, 0.05) is 16.8 Å². The Labute approximate surface area is 275 Å². The van der Waals surface area contributed by atoms with E-state index in [1.807, 2.05) is 103 Å². The van der Waals surface area contributed by atoms with Gasteiger partial charge in [0.15, 0.2) is 0 Å². The van der Waals surface area contributed by atoms with Crippen LogP contribution in [0.4, 0.5) is 17.1 Å². The zero-order valence-electron chi connectivity index (χ0n) is 32.2. The topological polar surface area (TPSA) is 3.24 Å². The molecule has 0 bridgehead atoms. The molecule has 0 unspecified atom stereocenters. The van der Waals surface area contributed by atoms with E-state index in [0.29, 0.717) is 22.2 Å². The van der Waals surface area contributed by atoms with Crippen molar-refractivity contribution < 1.29 is 11.0 Å². The van der Waals surface area contributed by atoms with Crippen LogP contribution in [-0.2, 0) is 0 Å². The lowest BCUT2D eigenvalue weighted by Gasteiger charge is -2.27. The summed E-state index contributed by atoms with van der Waals surface area (Å²) in [6.45, 7) is 0. The summed E-state index contributed by atoms with van der Waals surface area (Å²) in [5.74, 6) is 0. The fourth-order valence-electron chi connectivity index (χ4n) is 5.87. The van der Waals surface area contributed by atoms with Crippen LogP contribution >= 0.6 is 0 Å². The quantitative estimate of drug-likeness (QED) is 0.189. The van der Waals surface area contributed by atoms with Gasteiger partial charge in [-0.3, -0.25) is 0 Å². The number of benzene rings is 8. The van der Waals surface area contributed by atoms with Gasteiger partial charge in [-0.15, -0.1) is 0 Å². The molecule has 0 spiro atoms. The standard InChI is InChI=1S/C44H31N/c1-3-12-32(13-4-1)33-22-27-38(28-23-33)45(43-21-11-18-34-14-7-9-19-40(34)43)39-29-24-36(25-30-39)42-31-26-35-15-8-10-20-41(35)44(42)37-16-5-2-6-17-37/h1-31H/i22D,23D,24D,25D,27D,28D,29D,30D. The third kappa shape index (κ3) is 5.05. The van der Waals surface area contributed by atoms with Gasteiger partial charge < -0.3 is 4.90 Å². The molecule has 8 aromatic carbocycles. The molecule has 45 heavy (non-hydrogen) atoms. The van der Waals surface area contributed by atoms with Gasteiger partial charge in [0.05, 0.1) is 16.7 Å². The van der Waals surface area contributed by atoms with E-state index in [4.69, 9.17) is 2.74 Å². The van der Waals surface area contributed by atoms with Crippen LogP contribution in [0.1, 0.15) is 11.0 Å². The van der Waals surface area contributed by atoms with Crippen LogP contribution < -0.4 is 4.90 Å². The maximum absolute atomic E-state index is 9.57. The van der Waals surface area contributed by atoms with E-state index in [0.717, 1.165) is 27.3 Å². The molecule has 1 nitrogen and oxygen atoms in total. The molecule has 8 aromatic rings. The molecule has 0 radical (unpaired) electrons. The van der Waals surface area contributed by atoms with Gasteiger partial charge in [-0.1, -0.05) is 158 Å². The second kappa shape index (κ2) is 11.6. The molecular formula is C44H31N. The Kier molecular flexibility index (Phi) is 5.01. The molecule has 0 fully saturated rings. The Morgan fingerprint density at radius 3 is 1.53 bits per heavy atom. The highest BCUT2D eigenvalue weighted by atomic mass is 15.1. The maximum Gasteiger partial charge on any atom is 0.0645 e. The first-order chi connectivity index (χ1) is 25.7. The predicted octanol–water partition coefficient (Wildman–Crippen LogP) is 12.5. The first-order valence-corrected chi connectivity index (χ1v) is 14.8. The van der Waals surface area contributed by atoms with Gasteiger partial charge in [-0.2, -0.15) is 0 Å². The number of fused-ring (bicyclic) bond motifs is 2. The van der Waals surface area contributed by atoms with E-state index in [9.17, 15) is 8.22 Å². The average Bonchev–Trinajstić information content (AvgIpc) is 3.19. The lowest BCUT2D eigenvalue weighted by molar-refractivity contribution is 1.30. The van der Waals surface area contributed by atoms with Crippen LogP contribution in [0, 0.1) is 0 Å². The Hall–Kier alpha value is -5.92. The van der Waals surface area contributed by atoms with Crippen LogP contribution in [0.25, 0.3) is 54.9 Å². The van der Waals surface area contributed by atoms with Gasteiger partial charge in [0.25, 0.3) is 0 Å². The normalized spacial score (nSPS) is 13.6. The zero-order chi connectivity index (χ0) is 37.0. The van der Waals surface area contributed by atoms with E-state index >= 15 is 0 Å². The molecule has 0 aliphatic rings. The van der Waals surface area contributed by atoms with E-state index in [-0.39, 0.29) is 70.8 Å². The summed E-state index contributed by atoms with van der Waals surface area (Å²) in [5, 5.41) is 3.34. The van der Waals surface area contributed by atoms with Crippen LogP contribution in [-0.4, -0.2) is 0 Å². The minimum absolute atomic E-state index is 0.116. The van der Waals surface area contributed by atoms with Crippen molar-refractivity contribution in [3.63, 3.8) is 0 Å². The first-order valence-electron chi connectivity index (χ1n) is 18.8. The monoisotopic (exact) mass is 581 g/mol. The zero-order valence-corrected chi connectivity index (χ0v) is 24.2. The third-order valence-electron chi connectivity index (χ3n) is 8.00. The van der Waals surface area contributed by atoms with Gasteiger partial charge in [0.1, 0.15) is 0 Å². The van der Waals surface area contributed by atoms with E-state index in [1.54, 1.807) is 36.4 Å². The Bertz CT molecular complexity index is 2650. The largest absolute Gasteiger partial charge is 0.310 e. The summed E-state index contributed by atoms with van der Waals surface area (Å²) in [5.41, 5.74) is 2.96. The summed E-state index contributed by atoms with van der Waals surface area (Å²) in [6.07, 6.45) is 0. The van der Waals surface area contributed by atoms with Gasteiger partial charge in [0.2, 0.25) is 0 Å². The van der Waals surface area contributed by atoms with Crippen molar-refractivity contribution in [1.29, 1.82) is 0 Å². The fraction of sp³-hybridized carbons (Fsp3) is 0. The summed E-state index contributed by atoms with van der Waals surface area (Å²) in [4.78, 5) is 1.38. The summed E-state index contributed by atoms with van der Waals surface area (Å²) in [7, 11) is 0. The number of rotatable bonds is 6. The molecule has 0 aromatic heterocycles. The van der Waals surface area contributed by atoms with Gasteiger partial charge in [-0.25, -0.2) is 0 Å².